The summed E-state index contributed by atoms with van der Waals surface area (Å²) < 4.78 is 12.1. The molecule has 116 valence electrons. The zero-order valence-corrected chi connectivity index (χ0v) is 13.6. The number of carboxylic acid groups (broad SMARTS) is 1. The lowest BCUT2D eigenvalue weighted by molar-refractivity contribution is -0.137. The van der Waals surface area contributed by atoms with Gasteiger partial charge in [-0.15, -0.1) is 0 Å². The van der Waals surface area contributed by atoms with Crippen LogP contribution in [0, 0.1) is 0 Å². The van der Waals surface area contributed by atoms with Crippen molar-refractivity contribution in [3.8, 4) is 11.5 Å². The molecule has 1 unspecified atom stereocenters. The third-order valence-electron chi connectivity index (χ3n) is 3.70. The van der Waals surface area contributed by atoms with Crippen molar-refractivity contribution in [1.82, 2.24) is 0 Å². The topological polar surface area (TPSA) is 81.8 Å². The van der Waals surface area contributed by atoms with Crippen LogP contribution in [-0.2, 0) is 4.79 Å². The lowest BCUT2D eigenvalue weighted by atomic mass is 9.96. The zero-order chi connectivity index (χ0) is 15.4. The number of rotatable bonds is 7. The summed E-state index contributed by atoms with van der Waals surface area (Å²) in [5, 5.41) is 8.76. The van der Waals surface area contributed by atoms with Crippen molar-refractivity contribution >= 4 is 21.9 Å². The lowest BCUT2D eigenvalue weighted by Gasteiger charge is -2.28. The van der Waals surface area contributed by atoms with Crippen LogP contribution in [0.3, 0.4) is 0 Å². The van der Waals surface area contributed by atoms with Crippen LogP contribution in [0.5, 0.6) is 11.5 Å². The van der Waals surface area contributed by atoms with Crippen LogP contribution in [0.2, 0.25) is 0 Å². The first-order valence-corrected chi connectivity index (χ1v) is 7.82. The maximum Gasteiger partial charge on any atom is 0.303 e. The molecule has 1 fully saturated rings. The summed E-state index contributed by atoms with van der Waals surface area (Å²) in [6.45, 7) is 0. The number of benzene rings is 1. The van der Waals surface area contributed by atoms with Gasteiger partial charge in [-0.25, -0.2) is 0 Å². The SMILES string of the molecule is COc1cc(Br)c(C(N)CCC(=O)O)cc1OC1CCC1. The van der Waals surface area contributed by atoms with Gasteiger partial charge in [0.05, 0.1) is 13.2 Å². The predicted octanol–water partition coefficient (Wildman–Crippen LogP) is 3.25. The van der Waals surface area contributed by atoms with E-state index in [0.29, 0.717) is 17.9 Å². The molecule has 1 aliphatic carbocycles. The number of hydrogen-bond acceptors (Lipinski definition) is 4. The van der Waals surface area contributed by atoms with Gasteiger partial charge in [-0.05, 0) is 43.4 Å². The number of halogens is 1. The van der Waals surface area contributed by atoms with Crippen LogP contribution in [0.25, 0.3) is 0 Å². The van der Waals surface area contributed by atoms with Gasteiger partial charge < -0.3 is 20.3 Å². The van der Waals surface area contributed by atoms with E-state index >= 15 is 0 Å². The molecule has 5 nitrogen and oxygen atoms in total. The first kappa shape index (κ1) is 16.1. The Balaban J connectivity index is 2.19. The Morgan fingerprint density at radius 2 is 2.19 bits per heavy atom. The molecule has 0 radical (unpaired) electrons. The van der Waals surface area contributed by atoms with Crippen LogP contribution in [0.1, 0.15) is 43.7 Å². The Kier molecular flexibility index (Phi) is 5.47. The van der Waals surface area contributed by atoms with Crippen molar-refractivity contribution in [2.75, 3.05) is 7.11 Å². The molecule has 21 heavy (non-hydrogen) atoms. The first-order chi connectivity index (χ1) is 10.0. The summed E-state index contributed by atoms with van der Waals surface area (Å²) in [5.74, 6) is 0.482. The third kappa shape index (κ3) is 4.11. The van der Waals surface area contributed by atoms with E-state index < -0.39 is 5.97 Å². The van der Waals surface area contributed by atoms with Crippen LogP contribution < -0.4 is 15.2 Å². The number of carboxylic acids is 1. The highest BCUT2D eigenvalue weighted by atomic mass is 79.9. The Morgan fingerprint density at radius 3 is 2.71 bits per heavy atom. The molecule has 0 aromatic heterocycles. The number of nitrogens with two attached hydrogens (primary N) is 1. The second-order valence-corrected chi connectivity index (χ2v) is 6.09. The van der Waals surface area contributed by atoms with Crippen molar-refractivity contribution in [3.05, 3.63) is 22.2 Å². The fraction of sp³-hybridized carbons (Fsp3) is 0.533. The molecule has 0 heterocycles. The minimum atomic E-state index is -0.846. The average molecular weight is 358 g/mol. The second-order valence-electron chi connectivity index (χ2n) is 5.23. The Labute approximate surface area is 132 Å². The number of ether oxygens (including phenoxy) is 2. The normalized spacial score (nSPS) is 16.1. The van der Waals surface area contributed by atoms with Gasteiger partial charge in [0.25, 0.3) is 0 Å². The van der Waals surface area contributed by atoms with Crippen LogP contribution in [0.15, 0.2) is 16.6 Å². The number of hydrogen-bond donors (Lipinski definition) is 2. The number of aliphatic carboxylic acids is 1. The minimum Gasteiger partial charge on any atom is -0.493 e. The largest absolute Gasteiger partial charge is 0.493 e. The molecular formula is C15H20BrNO4. The summed E-state index contributed by atoms with van der Waals surface area (Å²) in [7, 11) is 1.60. The highest BCUT2D eigenvalue weighted by molar-refractivity contribution is 9.10. The standard InChI is InChI=1S/C15H20BrNO4/c1-20-13-8-11(16)10(12(17)5-6-15(18)19)7-14(13)21-9-3-2-4-9/h7-9,12H,2-6,17H2,1H3,(H,18,19). The predicted molar refractivity (Wildman–Crippen MR) is 82.8 cm³/mol. The molecule has 0 amide bonds. The summed E-state index contributed by atoms with van der Waals surface area (Å²) >= 11 is 3.46. The minimum absolute atomic E-state index is 0.0401. The number of methoxy groups -OCH3 is 1. The summed E-state index contributed by atoms with van der Waals surface area (Å²) in [4.78, 5) is 10.7. The van der Waals surface area contributed by atoms with Crippen LogP contribution in [-0.4, -0.2) is 24.3 Å². The van der Waals surface area contributed by atoms with Crippen LogP contribution >= 0.6 is 15.9 Å². The molecule has 1 aliphatic rings. The maximum absolute atomic E-state index is 10.7. The molecule has 2 rings (SSSR count). The molecule has 1 aromatic carbocycles. The fourth-order valence-electron chi connectivity index (χ4n) is 2.19. The lowest BCUT2D eigenvalue weighted by Crippen LogP contribution is -2.25. The van der Waals surface area contributed by atoms with Crippen molar-refractivity contribution in [2.45, 2.75) is 44.2 Å². The number of carbonyl (C=O) groups is 1. The molecule has 1 aromatic rings. The monoisotopic (exact) mass is 357 g/mol. The second kappa shape index (κ2) is 7.13. The quantitative estimate of drug-likeness (QED) is 0.782. The molecule has 1 saturated carbocycles. The van der Waals surface area contributed by atoms with Gasteiger partial charge in [0.1, 0.15) is 0 Å². The molecule has 0 saturated heterocycles. The van der Waals surface area contributed by atoms with E-state index in [-0.39, 0.29) is 18.6 Å². The van der Waals surface area contributed by atoms with Crippen LogP contribution in [0.4, 0.5) is 0 Å². The zero-order valence-electron chi connectivity index (χ0n) is 12.0. The Morgan fingerprint density at radius 1 is 1.48 bits per heavy atom. The van der Waals surface area contributed by atoms with Gasteiger partial charge in [-0.2, -0.15) is 0 Å². The van der Waals surface area contributed by atoms with Gasteiger partial charge in [-0.3, -0.25) is 4.79 Å². The van der Waals surface area contributed by atoms with E-state index in [1.807, 2.05) is 12.1 Å². The Hall–Kier alpha value is -1.27. The molecule has 0 aliphatic heterocycles. The van der Waals surface area contributed by atoms with Crippen molar-refractivity contribution < 1.29 is 19.4 Å². The molecule has 6 heteroatoms. The maximum atomic E-state index is 10.7. The van der Waals surface area contributed by atoms with E-state index in [0.717, 1.165) is 22.9 Å². The van der Waals surface area contributed by atoms with Gasteiger partial charge in [0.15, 0.2) is 11.5 Å². The van der Waals surface area contributed by atoms with E-state index in [4.69, 9.17) is 20.3 Å². The van der Waals surface area contributed by atoms with Crippen molar-refractivity contribution in [2.24, 2.45) is 5.73 Å². The fourth-order valence-corrected chi connectivity index (χ4v) is 2.81. The third-order valence-corrected chi connectivity index (χ3v) is 4.38. The van der Waals surface area contributed by atoms with Gasteiger partial charge >= 0.3 is 5.97 Å². The van der Waals surface area contributed by atoms with Crippen molar-refractivity contribution in [3.63, 3.8) is 0 Å². The highest BCUT2D eigenvalue weighted by Gasteiger charge is 2.22. The van der Waals surface area contributed by atoms with E-state index in [1.165, 1.54) is 6.42 Å². The summed E-state index contributed by atoms with van der Waals surface area (Å²) in [5.41, 5.74) is 6.93. The molecule has 3 N–H and O–H groups in total. The van der Waals surface area contributed by atoms with E-state index in [9.17, 15) is 4.79 Å². The van der Waals surface area contributed by atoms with Gasteiger partial charge in [-0.1, -0.05) is 15.9 Å². The Bertz CT molecular complexity index is 517. The molecule has 1 atom stereocenters. The van der Waals surface area contributed by atoms with E-state index in [1.54, 1.807) is 7.11 Å². The summed E-state index contributed by atoms with van der Waals surface area (Å²) in [6.07, 6.45) is 3.96. The molecule has 0 bridgehead atoms. The summed E-state index contributed by atoms with van der Waals surface area (Å²) in [6, 6.07) is 3.32. The first-order valence-electron chi connectivity index (χ1n) is 7.02. The molecule has 0 spiro atoms. The van der Waals surface area contributed by atoms with Crippen molar-refractivity contribution in [1.29, 1.82) is 0 Å². The van der Waals surface area contributed by atoms with Gasteiger partial charge in [0.2, 0.25) is 0 Å². The highest BCUT2D eigenvalue weighted by Crippen LogP contribution is 2.38. The molecular weight excluding hydrogens is 338 g/mol. The average Bonchev–Trinajstić information content (AvgIpc) is 2.40. The smallest absolute Gasteiger partial charge is 0.303 e. The van der Waals surface area contributed by atoms with E-state index in [2.05, 4.69) is 15.9 Å². The van der Waals surface area contributed by atoms with Gasteiger partial charge in [0, 0.05) is 16.9 Å².